The maximum atomic E-state index is 11.9. The molecule has 0 saturated carbocycles. The van der Waals surface area contributed by atoms with Crippen LogP contribution in [0.2, 0.25) is 0 Å². The summed E-state index contributed by atoms with van der Waals surface area (Å²) in [5.74, 6) is -2.35. The van der Waals surface area contributed by atoms with Gasteiger partial charge in [-0.15, -0.1) is 0 Å². The fraction of sp³-hybridized carbons (Fsp3) is 0.524. The lowest BCUT2D eigenvalue weighted by Crippen LogP contribution is -2.66. The van der Waals surface area contributed by atoms with Crippen molar-refractivity contribution < 1.29 is 42.9 Å². The third kappa shape index (κ3) is 7.88. The van der Waals surface area contributed by atoms with E-state index in [9.17, 15) is 19.2 Å². The lowest BCUT2D eigenvalue weighted by Gasteiger charge is -2.44. The van der Waals surface area contributed by atoms with Crippen LogP contribution >= 0.6 is 15.9 Å². The fourth-order valence-corrected chi connectivity index (χ4v) is 3.68. The number of hydrogen-bond acceptors (Lipinski definition) is 9. The number of esters is 3. The van der Waals surface area contributed by atoms with Gasteiger partial charge in [-0.25, -0.2) is 0 Å². The third-order valence-corrected chi connectivity index (χ3v) is 4.87. The van der Waals surface area contributed by atoms with E-state index < -0.39 is 54.5 Å². The Morgan fingerprint density at radius 1 is 1.00 bits per heavy atom. The summed E-state index contributed by atoms with van der Waals surface area (Å²) in [5, 5.41) is 2.65. The van der Waals surface area contributed by atoms with E-state index in [1.807, 2.05) is 24.3 Å². The van der Waals surface area contributed by atoms with Gasteiger partial charge >= 0.3 is 17.9 Å². The third-order valence-electron chi connectivity index (χ3n) is 4.37. The molecule has 176 valence electrons. The summed E-state index contributed by atoms with van der Waals surface area (Å²) in [4.78, 5) is 46.8. The second-order valence-corrected chi connectivity index (χ2v) is 8.08. The minimum atomic E-state index is -1.15. The van der Waals surface area contributed by atoms with Gasteiger partial charge in [-0.1, -0.05) is 28.1 Å². The molecule has 5 atom stereocenters. The van der Waals surface area contributed by atoms with Crippen molar-refractivity contribution in [3.05, 3.63) is 34.3 Å². The van der Waals surface area contributed by atoms with Crippen molar-refractivity contribution in [2.75, 3.05) is 6.61 Å². The summed E-state index contributed by atoms with van der Waals surface area (Å²) in [6.45, 7) is 4.68. The Hall–Kier alpha value is -2.50. The molecule has 0 spiro atoms. The van der Waals surface area contributed by atoms with Crippen LogP contribution in [0.3, 0.4) is 0 Å². The van der Waals surface area contributed by atoms with E-state index in [2.05, 4.69) is 21.2 Å². The average Bonchev–Trinajstić information content (AvgIpc) is 2.67. The van der Waals surface area contributed by atoms with Gasteiger partial charge in [-0.05, 0) is 17.7 Å². The standard InChI is InChI=1S/C21H26BrNO9/c1-11(24)23-18-20(31-14(4)27)19(30-13(3)26)17(10-28-12(2)25)32-21(18)29-9-15-6-5-7-16(22)8-15/h5-8,17-21H,9-10H2,1-4H3,(H,23,24)/t17-,18-,19+,20-,21-/m0/s1. The van der Waals surface area contributed by atoms with Gasteiger partial charge in [0, 0.05) is 32.2 Å². The van der Waals surface area contributed by atoms with E-state index in [0.717, 1.165) is 10.0 Å². The summed E-state index contributed by atoms with van der Waals surface area (Å²) in [7, 11) is 0. The van der Waals surface area contributed by atoms with Crippen molar-refractivity contribution in [2.45, 2.75) is 64.9 Å². The van der Waals surface area contributed by atoms with E-state index in [4.69, 9.17) is 23.7 Å². The Bertz CT molecular complexity index is 846. The molecule has 1 heterocycles. The topological polar surface area (TPSA) is 126 Å². The normalized spacial score (nSPS) is 24.8. The molecule has 0 aromatic heterocycles. The van der Waals surface area contributed by atoms with Crippen molar-refractivity contribution in [3.8, 4) is 0 Å². The molecule has 0 unspecified atom stereocenters. The molecule has 1 amide bonds. The van der Waals surface area contributed by atoms with Gasteiger partial charge in [-0.2, -0.15) is 0 Å². The zero-order valence-electron chi connectivity index (χ0n) is 18.2. The summed E-state index contributed by atoms with van der Waals surface area (Å²) < 4.78 is 28.5. The summed E-state index contributed by atoms with van der Waals surface area (Å²) in [6, 6.07) is 6.37. The van der Waals surface area contributed by atoms with E-state index >= 15 is 0 Å². The number of nitrogens with one attached hydrogen (secondary N) is 1. The van der Waals surface area contributed by atoms with Gasteiger partial charge in [0.15, 0.2) is 18.5 Å². The molecule has 11 heteroatoms. The highest BCUT2D eigenvalue weighted by atomic mass is 79.9. The van der Waals surface area contributed by atoms with Crippen LogP contribution in [-0.2, 0) is 49.5 Å². The Morgan fingerprint density at radius 2 is 1.66 bits per heavy atom. The molecule has 10 nitrogen and oxygen atoms in total. The first-order valence-electron chi connectivity index (χ1n) is 9.83. The van der Waals surface area contributed by atoms with Gasteiger partial charge in [0.25, 0.3) is 0 Å². The smallest absolute Gasteiger partial charge is 0.303 e. The predicted molar refractivity (Wildman–Crippen MR) is 113 cm³/mol. The maximum absolute atomic E-state index is 11.9. The van der Waals surface area contributed by atoms with Crippen LogP contribution < -0.4 is 5.32 Å². The average molecular weight is 516 g/mol. The highest BCUT2D eigenvalue weighted by Gasteiger charge is 2.51. The number of halogens is 1. The molecule has 1 aromatic carbocycles. The Morgan fingerprint density at radius 3 is 2.22 bits per heavy atom. The summed E-state index contributed by atoms with van der Waals surface area (Å²) in [6.07, 6.45) is -4.42. The quantitative estimate of drug-likeness (QED) is 0.405. The molecular formula is C21H26BrNO9. The molecule has 2 rings (SSSR count). The maximum Gasteiger partial charge on any atom is 0.303 e. The minimum absolute atomic E-state index is 0.103. The van der Waals surface area contributed by atoms with Crippen molar-refractivity contribution >= 4 is 39.7 Å². The molecule has 0 aliphatic carbocycles. The van der Waals surface area contributed by atoms with E-state index in [0.29, 0.717) is 0 Å². The van der Waals surface area contributed by atoms with Crippen LogP contribution in [0.25, 0.3) is 0 Å². The van der Waals surface area contributed by atoms with Crippen molar-refractivity contribution in [1.82, 2.24) is 5.32 Å². The van der Waals surface area contributed by atoms with Gasteiger partial charge < -0.3 is 29.0 Å². The monoisotopic (exact) mass is 515 g/mol. The van der Waals surface area contributed by atoms with Crippen LogP contribution in [0.1, 0.15) is 33.3 Å². The van der Waals surface area contributed by atoms with E-state index in [1.165, 1.54) is 27.7 Å². The SMILES string of the molecule is CC(=O)N[C@@H]1[C@@H](OCc2cccc(Br)c2)O[C@@H](COC(C)=O)[C@@H](OC(C)=O)[C@H]1OC(C)=O. The lowest BCUT2D eigenvalue weighted by atomic mass is 9.96. The van der Waals surface area contributed by atoms with Crippen LogP contribution in [0.4, 0.5) is 0 Å². The molecule has 1 fully saturated rings. The molecular weight excluding hydrogens is 490 g/mol. The number of ether oxygens (including phenoxy) is 5. The zero-order chi connectivity index (χ0) is 23.8. The number of benzene rings is 1. The molecule has 1 aromatic rings. The van der Waals surface area contributed by atoms with Gasteiger partial charge in [0.1, 0.15) is 18.8 Å². The molecule has 1 saturated heterocycles. The number of carbonyl (C=O) groups excluding carboxylic acids is 4. The fourth-order valence-electron chi connectivity index (χ4n) is 3.24. The first kappa shape index (κ1) is 25.8. The van der Waals surface area contributed by atoms with Crippen LogP contribution in [0.5, 0.6) is 0 Å². The molecule has 32 heavy (non-hydrogen) atoms. The molecule has 0 bridgehead atoms. The number of rotatable bonds is 8. The first-order valence-corrected chi connectivity index (χ1v) is 10.6. The van der Waals surface area contributed by atoms with Crippen molar-refractivity contribution in [2.24, 2.45) is 0 Å². The van der Waals surface area contributed by atoms with E-state index in [1.54, 1.807) is 0 Å². The summed E-state index contributed by atoms with van der Waals surface area (Å²) in [5.41, 5.74) is 0.812. The molecule has 1 aliphatic rings. The van der Waals surface area contributed by atoms with Crippen LogP contribution in [-0.4, -0.2) is 61.1 Å². The number of amides is 1. The number of carbonyl (C=O) groups is 4. The Balaban J connectivity index is 2.36. The molecule has 1 N–H and O–H groups in total. The second-order valence-electron chi connectivity index (χ2n) is 7.16. The largest absolute Gasteiger partial charge is 0.463 e. The van der Waals surface area contributed by atoms with Gasteiger partial charge in [0.2, 0.25) is 5.91 Å². The Kier molecular flexibility index (Phi) is 9.60. The second kappa shape index (κ2) is 11.9. The van der Waals surface area contributed by atoms with Crippen molar-refractivity contribution in [3.63, 3.8) is 0 Å². The van der Waals surface area contributed by atoms with Gasteiger partial charge in [0.05, 0.1) is 6.61 Å². The van der Waals surface area contributed by atoms with E-state index in [-0.39, 0.29) is 13.2 Å². The van der Waals surface area contributed by atoms with Crippen LogP contribution in [0.15, 0.2) is 28.7 Å². The zero-order valence-corrected chi connectivity index (χ0v) is 19.7. The Labute approximate surface area is 194 Å². The first-order chi connectivity index (χ1) is 15.1. The highest BCUT2D eigenvalue weighted by Crippen LogP contribution is 2.28. The lowest BCUT2D eigenvalue weighted by molar-refractivity contribution is -0.280. The van der Waals surface area contributed by atoms with Gasteiger partial charge in [-0.3, -0.25) is 19.2 Å². The minimum Gasteiger partial charge on any atom is -0.463 e. The number of hydrogen-bond donors (Lipinski definition) is 1. The van der Waals surface area contributed by atoms with Crippen molar-refractivity contribution in [1.29, 1.82) is 0 Å². The van der Waals surface area contributed by atoms with Crippen LogP contribution in [0, 0.1) is 0 Å². The molecule has 1 aliphatic heterocycles. The highest BCUT2D eigenvalue weighted by molar-refractivity contribution is 9.10. The predicted octanol–water partition coefficient (Wildman–Crippen LogP) is 1.62. The molecule has 0 radical (unpaired) electrons. The summed E-state index contributed by atoms with van der Waals surface area (Å²) >= 11 is 3.39.